The van der Waals surface area contributed by atoms with E-state index < -0.39 is 0 Å². The molecule has 0 radical (unpaired) electrons. The fourth-order valence-corrected chi connectivity index (χ4v) is 2.98. The number of nitrogens with zero attached hydrogens (tertiary/aromatic N) is 1. The Morgan fingerprint density at radius 3 is 2.62 bits per heavy atom. The molecular weight excluding hydrogens is 266 g/mol. The molecule has 1 aliphatic rings. The number of amides is 1. The Morgan fingerprint density at radius 2 is 2.05 bits per heavy atom. The molecule has 4 heteroatoms. The van der Waals surface area contributed by atoms with Gasteiger partial charge in [-0.1, -0.05) is 26.7 Å². The summed E-state index contributed by atoms with van der Waals surface area (Å²) in [6.45, 7) is 4.95. The SMILES string of the molecule is COc1ccc(O)c(C(=O)N(CC(C)C)C2CCCC2)c1. The number of methoxy groups -OCH3 is 1. The Balaban J connectivity index is 2.28. The van der Waals surface area contributed by atoms with Crippen molar-refractivity contribution in [3.63, 3.8) is 0 Å². The zero-order chi connectivity index (χ0) is 15.4. The van der Waals surface area contributed by atoms with Crippen LogP contribution < -0.4 is 4.74 Å². The van der Waals surface area contributed by atoms with Gasteiger partial charge in [-0.25, -0.2) is 0 Å². The van der Waals surface area contributed by atoms with Crippen molar-refractivity contribution in [1.29, 1.82) is 0 Å². The number of hydrogen-bond acceptors (Lipinski definition) is 3. The maximum Gasteiger partial charge on any atom is 0.258 e. The van der Waals surface area contributed by atoms with Crippen molar-refractivity contribution in [2.24, 2.45) is 5.92 Å². The molecule has 0 aliphatic heterocycles. The lowest BCUT2D eigenvalue weighted by atomic mass is 10.1. The summed E-state index contributed by atoms with van der Waals surface area (Å²) in [5.41, 5.74) is 0.335. The summed E-state index contributed by atoms with van der Waals surface area (Å²) >= 11 is 0. The highest BCUT2D eigenvalue weighted by atomic mass is 16.5. The van der Waals surface area contributed by atoms with Crippen LogP contribution in [0.2, 0.25) is 0 Å². The lowest BCUT2D eigenvalue weighted by molar-refractivity contribution is 0.0652. The minimum absolute atomic E-state index is 0.0209. The molecule has 4 nitrogen and oxygen atoms in total. The van der Waals surface area contributed by atoms with E-state index in [0.717, 1.165) is 19.4 Å². The zero-order valence-electron chi connectivity index (χ0n) is 13.1. The van der Waals surface area contributed by atoms with E-state index in [4.69, 9.17) is 4.74 Å². The standard InChI is InChI=1S/C17H25NO3/c1-12(2)11-18(13-6-4-5-7-13)17(20)15-10-14(21-3)8-9-16(15)19/h8-10,12-13,19H,4-7,11H2,1-3H3. The zero-order valence-corrected chi connectivity index (χ0v) is 13.1. The molecule has 0 bridgehead atoms. The van der Waals surface area contributed by atoms with E-state index in [1.807, 2.05) is 4.90 Å². The topological polar surface area (TPSA) is 49.8 Å². The molecule has 0 spiro atoms. The minimum Gasteiger partial charge on any atom is -0.507 e. The molecule has 1 aliphatic carbocycles. The molecule has 0 saturated heterocycles. The summed E-state index contributed by atoms with van der Waals surface area (Å²) in [4.78, 5) is 14.8. The average Bonchev–Trinajstić information content (AvgIpc) is 2.98. The van der Waals surface area contributed by atoms with Gasteiger partial charge >= 0.3 is 0 Å². The van der Waals surface area contributed by atoms with Crippen molar-refractivity contribution >= 4 is 5.91 Å². The Kier molecular flexibility index (Phi) is 5.10. The number of hydrogen-bond donors (Lipinski definition) is 1. The Labute approximate surface area is 126 Å². The van der Waals surface area contributed by atoms with Gasteiger partial charge in [-0.05, 0) is 37.0 Å². The predicted molar refractivity (Wildman–Crippen MR) is 82.8 cm³/mol. The number of carbonyl (C=O) groups is 1. The number of phenols is 1. The van der Waals surface area contributed by atoms with Crippen molar-refractivity contribution in [3.05, 3.63) is 23.8 Å². The highest BCUT2D eigenvalue weighted by Gasteiger charge is 2.29. The second kappa shape index (κ2) is 6.83. The lowest BCUT2D eigenvalue weighted by Gasteiger charge is -2.31. The summed E-state index contributed by atoms with van der Waals surface area (Å²) in [5, 5.41) is 10.0. The Bertz CT molecular complexity index is 493. The normalized spacial score (nSPS) is 15.4. The molecule has 0 aromatic heterocycles. The molecular formula is C17H25NO3. The summed E-state index contributed by atoms with van der Waals surface area (Å²) in [6, 6.07) is 5.10. The molecule has 116 valence electrons. The fourth-order valence-electron chi connectivity index (χ4n) is 2.98. The first-order chi connectivity index (χ1) is 10.0. The van der Waals surface area contributed by atoms with Gasteiger partial charge in [0.15, 0.2) is 0 Å². The van der Waals surface area contributed by atoms with Gasteiger partial charge in [-0.2, -0.15) is 0 Å². The first-order valence-corrected chi connectivity index (χ1v) is 7.71. The van der Waals surface area contributed by atoms with Gasteiger partial charge in [0, 0.05) is 12.6 Å². The van der Waals surface area contributed by atoms with Crippen molar-refractivity contribution in [2.75, 3.05) is 13.7 Å². The van der Waals surface area contributed by atoms with E-state index in [9.17, 15) is 9.90 Å². The lowest BCUT2D eigenvalue weighted by Crippen LogP contribution is -2.41. The molecule has 1 N–H and O–H groups in total. The number of ether oxygens (including phenoxy) is 1. The Morgan fingerprint density at radius 1 is 1.38 bits per heavy atom. The van der Waals surface area contributed by atoms with E-state index in [2.05, 4.69) is 13.8 Å². The first kappa shape index (κ1) is 15.7. The van der Waals surface area contributed by atoms with Crippen LogP contribution in [0.1, 0.15) is 49.9 Å². The van der Waals surface area contributed by atoms with E-state index in [1.165, 1.54) is 18.9 Å². The number of aromatic hydroxyl groups is 1. The average molecular weight is 291 g/mol. The Hall–Kier alpha value is -1.71. The van der Waals surface area contributed by atoms with Crippen LogP contribution in [0.15, 0.2) is 18.2 Å². The van der Waals surface area contributed by atoms with Gasteiger partial charge in [0.1, 0.15) is 11.5 Å². The van der Waals surface area contributed by atoms with Crippen LogP contribution in [-0.4, -0.2) is 35.6 Å². The molecule has 1 saturated carbocycles. The summed E-state index contributed by atoms with van der Waals surface area (Å²) in [6.07, 6.45) is 4.47. The van der Waals surface area contributed by atoms with E-state index in [0.29, 0.717) is 23.3 Å². The molecule has 21 heavy (non-hydrogen) atoms. The number of phenolic OH excluding ortho intramolecular Hbond substituents is 1. The maximum atomic E-state index is 12.9. The predicted octanol–water partition coefficient (Wildman–Crippen LogP) is 3.44. The molecule has 1 aromatic carbocycles. The van der Waals surface area contributed by atoms with Gasteiger partial charge in [-0.3, -0.25) is 4.79 Å². The van der Waals surface area contributed by atoms with Crippen LogP contribution in [0.3, 0.4) is 0 Å². The third-order valence-corrected chi connectivity index (χ3v) is 4.02. The van der Waals surface area contributed by atoms with E-state index in [1.54, 1.807) is 19.2 Å². The minimum atomic E-state index is -0.0907. The number of carbonyl (C=O) groups excluding carboxylic acids is 1. The van der Waals surface area contributed by atoms with Gasteiger partial charge in [0.2, 0.25) is 0 Å². The highest BCUT2D eigenvalue weighted by Crippen LogP contribution is 2.29. The van der Waals surface area contributed by atoms with Crippen LogP contribution >= 0.6 is 0 Å². The molecule has 2 rings (SSSR count). The summed E-state index contributed by atoms with van der Waals surface area (Å²) in [5.74, 6) is 0.925. The monoisotopic (exact) mass is 291 g/mol. The first-order valence-electron chi connectivity index (χ1n) is 7.71. The van der Waals surface area contributed by atoms with Crippen LogP contribution in [0.5, 0.6) is 11.5 Å². The fraction of sp³-hybridized carbons (Fsp3) is 0.588. The van der Waals surface area contributed by atoms with Gasteiger partial charge in [0.05, 0.1) is 12.7 Å². The molecule has 1 amide bonds. The molecule has 0 heterocycles. The van der Waals surface area contributed by atoms with Crippen LogP contribution in [0.25, 0.3) is 0 Å². The smallest absolute Gasteiger partial charge is 0.258 e. The highest BCUT2D eigenvalue weighted by molar-refractivity contribution is 5.97. The van der Waals surface area contributed by atoms with Crippen LogP contribution in [-0.2, 0) is 0 Å². The maximum absolute atomic E-state index is 12.9. The number of rotatable bonds is 5. The quantitative estimate of drug-likeness (QED) is 0.904. The van der Waals surface area contributed by atoms with Gasteiger partial charge < -0.3 is 14.7 Å². The van der Waals surface area contributed by atoms with Crippen molar-refractivity contribution < 1.29 is 14.6 Å². The summed E-state index contributed by atoms with van der Waals surface area (Å²) in [7, 11) is 1.56. The molecule has 0 atom stereocenters. The second-order valence-electron chi connectivity index (χ2n) is 6.17. The van der Waals surface area contributed by atoms with Crippen LogP contribution in [0, 0.1) is 5.92 Å². The van der Waals surface area contributed by atoms with Crippen molar-refractivity contribution in [3.8, 4) is 11.5 Å². The van der Waals surface area contributed by atoms with Gasteiger partial charge in [0.25, 0.3) is 5.91 Å². The summed E-state index contributed by atoms with van der Waals surface area (Å²) < 4.78 is 5.16. The third kappa shape index (κ3) is 3.69. The van der Waals surface area contributed by atoms with E-state index >= 15 is 0 Å². The van der Waals surface area contributed by atoms with E-state index in [-0.39, 0.29) is 11.7 Å². The van der Waals surface area contributed by atoms with Crippen LogP contribution in [0.4, 0.5) is 0 Å². The molecule has 0 unspecified atom stereocenters. The number of benzene rings is 1. The van der Waals surface area contributed by atoms with Crippen molar-refractivity contribution in [1.82, 2.24) is 4.90 Å². The van der Waals surface area contributed by atoms with Gasteiger partial charge in [-0.15, -0.1) is 0 Å². The molecule has 1 aromatic rings. The third-order valence-electron chi connectivity index (χ3n) is 4.02. The van der Waals surface area contributed by atoms with Crippen molar-refractivity contribution in [2.45, 2.75) is 45.6 Å². The second-order valence-corrected chi connectivity index (χ2v) is 6.17. The largest absolute Gasteiger partial charge is 0.507 e. The molecule has 1 fully saturated rings.